The number of hydrogen-bond acceptors (Lipinski definition) is 4. The van der Waals surface area contributed by atoms with Gasteiger partial charge in [-0.1, -0.05) is 11.3 Å². The van der Waals surface area contributed by atoms with Crippen LogP contribution < -0.4 is 0 Å². The van der Waals surface area contributed by atoms with Crippen LogP contribution in [0.2, 0.25) is 0 Å². The molecule has 124 valence electrons. The summed E-state index contributed by atoms with van der Waals surface area (Å²) in [4.78, 5) is 2.19. The first-order chi connectivity index (χ1) is 11.0. The molecule has 1 aliphatic rings. The van der Waals surface area contributed by atoms with E-state index in [1.54, 1.807) is 13.1 Å². The van der Waals surface area contributed by atoms with Crippen molar-refractivity contribution in [2.45, 2.75) is 39.0 Å². The zero-order valence-electron chi connectivity index (χ0n) is 13.0. The molecule has 0 amide bonds. The molecule has 3 rings (SSSR count). The van der Waals surface area contributed by atoms with Crippen molar-refractivity contribution in [1.82, 2.24) is 19.9 Å². The van der Waals surface area contributed by atoms with Gasteiger partial charge in [0, 0.05) is 25.2 Å². The van der Waals surface area contributed by atoms with Crippen molar-refractivity contribution >= 4 is 0 Å². The molecular weight excluding hydrogens is 302 g/mol. The topological polar surface area (TPSA) is 54.2 Å². The minimum Gasteiger partial charge on any atom is -0.393 e. The highest BCUT2D eigenvalue weighted by Crippen LogP contribution is 2.18. The van der Waals surface area contributed by atoms with Crippen LogP contribution in [-0.4, -0.2) is 44.2 Å². The summed E-state index contributed by atoms with van der Waals surface area (Å²) in [5, 5.41) is 17.5. The Morgan fingerprint density at radius 3 is 2.70 bits per heavy atom. The fraction of sp³-hybridized carbons (Fsp3) is 0.500. The van der Waals surface area contributed by atoms with Gasteiger partial charge >= 0.3 is 0 Å². The van der Waals surface area contributed by atoms with Crippen molar-refractivity contribution in [3.05, 3.63) is 46.8 Å². The van der Waals surface area contributed by atoms with Gasteiger partial charge in [-0.2, -0.15) is 0 Å². The number of halogens is 2. The van der Waals surface area contributed by atoms with E-state index >= 15 is 0 Å². The van der Waals surface area contributed by atoms with Crippen LogP contribution in [0.3, 0.4) is 0 Å². The van der Waals surface area contributed by atoms with E-state index in [0.717, 1.165) is 31.6 Å². The number of nitrogens with zero attached hydrogens (tertiary/aromatic N) is 4. The van der Waals surface area contributed by atoms with E-state index in [9.17, 15) is 13.9 Å². The molecule has 1 aromatic carbocycles. The quantitative estimate of drug-likeness (QED) is 0.934. The Balaban J connectivity index is 1.67. The minimum absolute atomic E-state index is 0.00236. The van der Waals surface area contributed by atoms with E-state index in [0.29, 0.717) is 12.1 Å². The molecule has 1 aliphatic heterocycles. The molecular formula is C16H20F2N4O. The third-order valence-electron chi connectivity index (χ3n) is 4.23. The number of aliphatic hydroxyl groups is 1. The molecule has 1 aromatic heterocycles. The van der Waals surface area contributed by atoms with E-state index < -0.39 is 11.6 Å². The summed E-state index contributed by atoms with van der Waals surface area (Å²) < 4.78 is 29.3. The number of benzene rings is 1. The summed E-state index contributed by atoms with van der Waals surface area (Å²) in [5.41, 5.74) is 1.17. The summed E-state index contributed by atoms with van der Waals surface area (Å²) in [6.07, 6.45) is 3.02. The predicted molar refractivity (Wildman–Crippen MR) is 80.7 cm³/mol. The van der Waals surface area contributed by atoms with Gasteiger partial charge in [0.25, 0.3) is 0 Å². The van der Waals surface area contributed by atoms with Crippen molar-refractivity contribution in [3.8, 4) is 0 Å². The smallest absolute Gasteiger partial charge is 0.134 e. The Morgan fingerprint density at radius 2 is 1.96 bits per heavy atom. The van der Waals surface area contributed by atoms with Crippen molar-refractivity contribution in [2.24, 2.45) is 0 Å². The highest BCUT2D eigenvalue weighted by atomic mass is 19.1. The van der Waals surface area contributed by atoms with Gasteiger partial charge in [-0.05, 0) is 31.4 Å². The molecule has 23 heavy (non-hydrogen) atoms. The third-order valence-corrected chi connectivity index (χ3v) is 4.23. The van der Waals surface area contributed by atoms with E-state index in [1.807, 2.05) is 0 Å². The Bertz CT molecular complexity index is 681. The number of rotatable bonds is 4. The van der Waals surface area contributed by atoms with Gasteiger partial charge in [-0.15, -0.1) is 5.10 Å². The average Bonchev–Trinajstić information content (AvgIpc) is 2.97. The highest BCUT2D eigenvalue weighted by Gasteiger charge is 2.18. The molecule has 1 saturated heterocycles. The second-order valence-corrected chi connectivity index (χ2v) is 6.07. The van der Waals surface area contributed by atoms with Crippen LogP contribution in [0.15, 0.2) is 18.3 Å². The van der Waals surface area contributed by atoms with Crippen LogP contribution in [0.1, 0.15) is 29.7 Å². The third kappa shape index (κ3) is 3.73. The summed E-state index contributed by atoms with van der Waals surface area (Å²) in [7, 11) is 0. The number of aliphatic hydroxyl groups excluding tert-OH is 1. The lowest BCUT2D eigenvalue weighted by Crippen LogP contribution is -2.35. The number of hydrogen-bond donors (Lipinski definition) is 1. The SMILES string of the molecule is Cc1ccc(F)c(Cn2cc(CN3CCC(O)CC3)nn2)c1F. The fourth-order valence-corrected chi connectivity index (χ4v) is 2.82. The zero-order chi connectivity index (χ0) is 16.4. The maximum Gasteiger partial charge on any atom is 0.134 e. The van der Waals surface area contributed by atoms with Gasteiger partial charge in [0.1, 0.15) is 11.6 Å². The molecule has 0 radical (unpaired) electrons. The monoisotopic (exact) mass is 322 g/mol. The van der Waals surface area contributed by atoms with Gasteiger partial charge in [-0.3, -0.25) is 4.90 Å². The fourth-order valence-electron chi connectivity index (χ4n) is 2.82. The summed E-state index contributed by atoms with van der Waals surface area (Å²) >= 11 is 0. The molecule has 2 heterocycles. The van der Waals surface area contributed by atoms with Gasteiger partial charge in [0.05, 0.1) is 24.5 Å². The number of piperidine rings is 1. The molecule has 7 heteroatoms. The van der Waals surface area contributed by atoms with Gasteiger partial charge in [0.2, 0.25) is 0 Å². The van der Waals surface area contributed by atoms with Crippen molar-refractivity contribution < 1.29 is 13.9 Å². The first-order valence-corrected chi connectivity index (χ1v) is 7.76. The summed E-state index contributed by atoms with van der Waals surface area (Å²) in [5.74, 6) is -1.11. The molecule has 5 nitrogen and oxygen atoms in total. The molecule has 0 saturated carbocycles. The lowest BCUT2D eigenvalue weighted by atomic mass is 10.1. The maximum absolute atomic E-state index is 14.0. The number of likely N-dealkylation sites (tertiary alicyclic amines) is 1. The van der Waals surface area contributed by atoms with Crippen LogP contribution in [-0.2, 0) is 13.1 Å². The van der Waals surface area contributed by atoms with Crippen LogP contribution in [0, 0.1) is 18.6 Å². The Morgan fingerprint density at radius 1 is 1.22 bits per heavy atom. The maximum atomic E-state index is 14.0. The second-order valence-electron chi connectivity index (χ2n) is 6.07. The van der Waals surface area contributed by atoms with Crippen LogP contribution in [0.4, 0.5) is 8.78 Å². The molecule has 1 N–H and O–H groups in total. The van der Waals surface area contributed by atoms with Crippen LogP contribution >= 0.6 is 0 Å². The Kier molecular flexibility index (Phi) is 4.68. The largest absolute Gasteiger partial charge is 0.393 e. The minimum atomic E-state index is -0.574. The summed E-state index contributed by atoms with van der Waals surface area (Å²) in [6, 6.07) is 2.69. The van der Waals surface area contributed by atoms with Crippen LogP contribution in [0.5, 0.6) is 0 Å². The molecule has 0 aliphatic carbocycles. The predicted octanol–water partition coefficient (Wildman–Crippen LogP) is 1.87. The Labute approximate surface area is 133 Å². The Hall–Kier alpha value is -1.86. The van der Waals surface area contributed by atoms with Gasteiger partial charge in [-0.25, -0.2) is 13.5 Å². The van der Waals surface area contributed by atoms with E-state index in [1.165, 1.54) is 16.8 Å². The number of aromatic nitrogens is 3. The molecule has 0 atom stereocenters. The van der Waals surface area contributed by atoms with E-state index in [2.05, 4.69) is 15.2 Å². The lowest BCUT2D eigenvalue weighted by Gasteiger charge is -2.28. The summed E-state index contributed by atoms with van der Waals surface area (Å²) in [6.45, 7) is 3.89. The van der Waals surface area contributed by atoms with Gasteiger partial charge < -0.3 is 5.11 Å². The zero-order valence-corrected chi connectivity index (χ0v) is 13.0. The van der Waals surface area contributed by atoms with Gasteiger partial charge in [0.15, 0.2) is 0 Å². The van der Waals surface area contributed by atoms with Crippen molar-refractivity contribution in [3.63, 3.8) is 0 Å². The standard InChI is InChI=1S/C16H20F2N4O/c1-11-2-3-15(17)14(16(11)18)10-22-9-12(19-20-22)8-21-6-4-13(23)5-7-21/h2-3,9,13,23H,4-8,10H2,1H3. The highest BCUT2D eigenvalue weighted by molar-refractivity contribution is 5.26. The molecule has 0 unspecified atom stereocenters. The molecule has 2 aromatic rings. The molecule has 0 spiro atoms. The lowest BCUT2D eigenvalue weighted by molar-refractivity contribution is 0.0786. The number of aryl methyl sites for hydroxylation is 1. The second kappa shape index (κ2) is 6.72. The molecule has 0 bridgehead atoms. The van der Waals surface area contributed by atoms with E-state index in [-0.39, 0.29) is 18.2 Å². The average molecular weight is 322 g/mol. The van der Waals surface area contributed by atoms with Crippen molar-refractivity contribution in [1.29, 1.82) is 0 Å². The first-order valence-electron chi connectivity index (χ1n) is 7.76. The first kappa shape index (κ1) is 16.0. The van der Waals surface area contributed by atoms with E-state index in [4.69, 9.17) is 0 Å². The van der Waals surface area contributed by atoms with Crippen molar-refractivity contribution in [2.75, 3.05) is 13.1 Å². The normalized spacial score (nSPS) is 16.9. The van der Waals surface area contributed by atoms with Crippen LogP contribution in [0.25, 0.3) is 0 Å². The molecule has 1 fully saturated rings.